The predicted octanol–water partition coefficient (Wildman–Crippen LogP) is 2.55. The Labute approximate surface area is 127 Å². The van der Waals surface area contributed by atoms with Crippen molar-refractivity contribution in [1.82, 2.24) is 4.90 Å². The number of nitrogens with zero attached hydrogens (tertiary/aromatic N) is 1. The molecule has 1 atom stereocenters. The molecule has 1 saturated heterocycles. The van der Waals surface area contributed by atoms with Gasteiger partial charge >= 0.3 is 12.0 Å². The summed E-state index contributed by atoms with van der Waals surface area (Å²) in [6.45, 7) is 4.16. The number of carbonyl (C=O) groups is 2. The van der Waals surface area contributed by atoms with Crippen LogP contribution in [0.1, 0.15) is 20.3 Å². The Balaban J connectivity index is 2.08. The summed E-state index contributed by atoms with van der Waals surface area (Å²) in [5.41, 5.74) is 0.234. The van der Waals surface area contributed by atoms with Crippen molar-refractivity contribution < 1.29 is 23.8 Å². The molecule has 120 valence electrons. The number of ether oxygens (including phenoxy) is 1. The molecule has 22 heavy (non-hydrogen) atoms. The lowest BCUT2D eigenvalue weighted by molar-refractivity contribution is -0.141. The number of carboxylic acids is 1. The van der Waals surface area contributed by atoms with E-state index < -0.39 is 23.7 Å². The fourth-order valence-corrected chi connectivity index (χ4v) is 2.30. The van der Waals surface area contributed by atoms with E-state index in [2.05, 4.69) is 5.32 Å². The first-order chi connectivity index (χ1) is 10.4. The number of amides is 2. The van der Waals surface area contributed by atoms with Crippen LogP contribution in [0, 0.1) is 11.7 Å². The third kappa shape index (κ3) is 3.87. The monoisotopic (exact) mass is 310 g/mol. The minimum atomic E-state index is -0.912. The summed E-state index contributed by atoms with van der Waals surface area (Å²) in [5.74, 6) is -1.58. The van der Waals surface area contributed by atoms with Crippen LogP contribution in [0.15, 0.2) is 18.2 Å². The Morgan fingerprint density at radius 1 is 1.45 bits per heavy atom. The maximum atomic E-state index is 13.4. The number of carbonyl (C=O) groups excluding carboxylic acids is 1. The zero-order valence-electron chi connectivity index (χ0n) is 12.5. The van der Waals surface area contributed by atoms with Gasteiger partial charge in [-0.1, -0.05) is 0 Å². The van der Waals surface area contributed by atoms with Crippen molar-refractivity contribution in [2.75, 3.05) is 18.4 Å². The number of urea groups is 1. The van der Waals surface area contributed by atoms with Gasteiger partial charge in [-0.25, -0.2) is 9.18 Å². The molecular formula is C15H19FN2O4. The van der Waals surface area contributed by atoms with Gasteiger partial charge in [0.05, 0.1) is 17.7 Å². The van der Waals surface area contributed by atoms with Gasteiger partial charge in [-0.3, -0.25) is 4.79 Å². The highest BCUT2D eigenvalue weighted by atomic mass is 19.1. The van der Waals surface area contributed by atoms with Crippen molar-refractivity contribution in [3.8, 4) is 5.75 Å². The van der Waals surface area contributed by atoms with Crippen molar-refractivity contribution in [3.63, 3.8) is 0 Å². The summed E-state index contributed by atoms with van der Waals surface area (Å²) >= 11 is 0. The topological polar surface area (TPSA) is 78.9 Å². The van der Waals surface area contributed by atoms with Gasteiger partial charge in [0.2, 0.25) is 0 Å². The minimum absolute atomic E-state index is 0.121. The fraction of sp³-hybridized carbons (Fsp3) is 0.467. The molecule has 1 aromatic carbocycles. The third-order valence-corrected chi connectivity index (χ3v) is 3.37. The fourth-order valence-electron chi connectivity index (χ4n) is 2.30. The Hall–Kier alpha value is -2.31. The molecular weight excluding hydrogens is 291 g/mol. The molecule has 2 N–H and O–H groups in total. The zero-order chi connectivity index (χ0) is 16.3. The predicted molar refractivity (Wildman–Crippen MR) is 78.5 cm³/mol. The smallest absolute Gasteiger partial charge is 0.321 e. The summed E-state index contributed by atoms with van der Waals surface area (Å²) in [6.07, 6.45) is 0.297. The number of halogens is 1. The van der Waals surface area contributed by atoms with E-state index in [0.717, 1.165) is 0 Å². The number of hydrogen-bond donors (Lipinski definition) is 2. The highest BCUT2D eigenvalue weighted by molar-refractivity contribution is 5.91. The lowest BCUT2D eigenvalue weighted by atomic mass is 10.1. The van der Waals surface area contributed by atoms with E-state index in [4.69, 9.17) is 9.84 Å². The van der Waals surface area contributed by atoms with E-state index in [-0.39, 0.29) is 18.3 Å². The molecule has 1 heterocycles. The summed E-state index contributed by atoms with van der Waals surface area (Å²) in [7, 11) is 0. The molecule has 1 fully saturated rings. The van der Waals surface area contributed by atoms with Gasteiger partial charge < -0.3 is 20.1 Å². The highest BCUT2D eigenvalue weighted by Crippen LogP contribution is 2.27. The first-order valence-electron chi connectivity index (χ1n) is 7.11. The van der Waals surface area contributed by atoms with Crippen LogP contribution in [-0.2, 0) is 4.79 Å². The number of likely N-dealkylation sites (tertiary alicyclic amines) is 1. The highest BCUT2D eigenvalue weighted by Gasteiger charge is 2.31. The van der Waals surface area contributed by atoms with Crippen LogP contribution in [-0.4, -0.2) is 41.2 Å². The van der Waals surface area contributed by atoms with Crippen LogP contribution in [0.25, 0.3) is 0 Å². The van der Waals surface area contributed by atoms with Crippen LogP contribution in [0.4, 0.5) is 14.9 Å². The van der Waals surface area contributed by atoms with Gasteiger partial charge in [0.1, 0.15) is 11.6 Å². The third-order valence-electron chi connectivity index (χ3n) is 3.37. The molecule has 7 heteroatoms. The van der Waals surface area contributed by atoms with E-state index in [0.29, 0.717) is 18.7 Å². The van der Waals surface area contributed by atoms with Gasteiger partial charge in [-0.05, 0) is 32.4 Å². The quantitative estimate of drug-likeness (QED) is 0.896. The molecule has 0 saturated carbocycles. The maximum absolute atomic E-state index is 13.4. The summed E-state index contributed by atoms with van der Waals surface area (Å²) in [5, 5.41) is 11.5. The molecule has 1 unspecified atom stereocenters. The normalized spacial score (nSPS) is 17.6. The van der Waals surface area contributed by atoms with Gasteiger partial charge in [-0.15, -0.1) is 0 Å². The number of nitrogens with one attached hydrogen (secondary N) is 1. The number of anilines is 1. The molecule has 0 aliphatic carbocycles. The number of hydrogen-bond acceptors (Lipinski definition) is 3. The van der Waals surface area contributed by atoms with Crippen LogP contribution >= 0.6 is 0 Å². The van der Waals surface area contributed by atoms with E-state index in [1.54, 1.807) is 0 Å². The minimum Gasteiger partial charge on any atom is -0.489 e. The molecule has 1 aromatic rings. The Morgan fingerprint density at radius 3 is 2.77 bits per heavy atom. The van der Waals surface area contributed by atoms with Crippen LogP contribution in [0.3, 0.4) is 0 Å². The molecule has 0 aromatic heterocycles. The van der Waals surface area contributed by atoms with E-state index in [1.807, 2.05) is 13.8 Å². The van der Waals surface area contributed by atoms with Crippen LogP contribution < -0.4 is 10.1 Å². The van der Waals surface area contributed by atoms with Gasteiger partial charge in [0.25, 0.3) is 0 Å². The lowest BCUT2D eigenvalue weighted by Crippen LogP contribution is -2.34. The average molecular weight is 310 g/mol. The van der Waals surface area contributed by atoms with Crippen molar-refractivity contribution >= 4 is 17.7 Å². The first-order valence-corrected chi connectivity index (χ1v) is 7.11. The molecule has 1 aliphatic heterocycles. The second-order valence-electron chi connectivity index (χ2n) is 5.51. The van der Waals surface area contributed by atoms with Crippen molar-refractivity contribution in [2.24, 2.45) is 5.92 Å². The molecule has 0 bridgehead atoms. The van der Waals surface area contributed by atoms with Gasteiger partial charge in [-0.2, -0.15) is 0 Å². The average Bonchev–Trinajstić information content (AvgIpc) is 2.91. The molecule has 0 radical (unpaired) electrons. The van der Waals surface area contributed by atoms with Crippen molar-refractivity contribution in [2.45, 2.75) is 26.4 Å². The first kappa shape index (κ1) is 16.1. The largest absolute Gasteiger partial charge is 0.489 e. The lowest BCUT2D eigenvalue weighted by Gasteiger charge is -2.19. The number of carboxylic acid groups (broad SMARTS) is 1. The summed E-state index contributed by atoms with van der Waals surface area (Å²) < 4.78 is 18.9. The van der Waals surface area contributed by atoms with Crippen molar-refractivity contribution in [3.05, 3.63) is 24.0 Å². The summed E-state index contributed by atoms with van der Waals surface area (Å²) in [6, 6.07) is 3.43. The second kappa shape index (κ2) is 6.64. The Bertz CT molecular complexity index is 577. The SMILES string of the molecule is CC(C)Oc1ccc(F)cc1NC(=O)N1CCC(C(=O)O)C1. The molecule has 2 rings (SSSR count). The molecule has 2 amide bonds. The van der Waals surface area contributed by atoms with Crippen LogP contribution in [0.5, 0.6) is 5.75 Å². The number of aliphatic carboxylic acids is 1. The van der Waals surface area contributed by atoms with E-state index >= 15 is 0 Å². The zero-order valence-corrected chi connectivity index (χ0v) is 12.5. The molecule has 1 aliphatic rings. The van der Waals surface area contributed by atoms with E-state index in [9.17, 15) is 14.0 Å². The number of rotatable bonds is 4. The molecule has 0 spiro atoms. The molecule has 6 nitrogen and oxygen atoms in total. The summed E-state index contributed by atoms with van der Waals surface area (Å²) in [4.78, 5) is 24.5. The number of benzene rings is 1. The van der Waals surface area contributed by atoms with Crippen LogP contribution in [0.2, 0.25) is 0 Å². The Morgan fingerprint density at radius 2 is 2.18 bits per heavy atom. The Kier molecular flexibility index (Phi) is 4.85. The second-order valence-corrected chi connectivity index (χ2v) is 5.51. The maximum Gasteiger partial charge on any atom is 0.321 e. The van der Waals surface area contributed by atoms with Crippen molar-refractivity contribution in [1.29, 1.82) is 0 Å². The van der Waals surface area contributed by atoms with E-state index in [1.165, 1.54) is 23.1 Å². The van der Waals surface area contributed by atoms with Gasteiger partial charge in [0, 0.05) is 19.2 Å². The standard InChI is InChI=1S/C15H19FN2O4/c1-9(2)22-13-4-3-11(16)7-12(13)17-15(21)18-6-5-10(8-18)14(19)20/h3-4,7,9-10H,5-6,8H2,1-2H3,(H,17,21)(H,19,20). The van der Waals surface area contributed by atoms with Gasteiger partial charge in [0.15, 0.2) is 0 Å².